The molecule has 0 aliphatic rings. The molecule has 0 bridgehead atoms. The number of aromatic nitrogens is 1. The van der Waals surface area contributed by atoms with Gasteiger partial charge in [-0.1, -0.05) is 19.9 Å². The van der Waals surface area contributed by atoms with Crippen LogP contribution in [0.15, 0.2) is 23.4 Å². The van der Waals surface area contributed by atoms with Gasteiger partial charge < -0.3 is 10.2 Å². The minimum Gasteiger partial charge on any atom is -0.316 e. The Bertz CT molecular complexity index is 526. The quantitative estimate of drug-likeness (QED) is 0.737. The predicted octanol–water partition coefficient (Wildman–Crippen LogP) is 0.666. The largest absolute Gasteiger partial charge is 0.316 e. The van der Waals surface area contributed by atoms with Gasteiger partial charge in [0, 0.05) is 25.3 Å². The van der Waals surface area contributed by atoms with Crippen LogP contribution in [-0.2, 0) is 16.6 Å². The Kier molecular flexibility index (Phi) is 6.73. The Hall–Kier alpha value is -1.02. The standard InChI is InChI=1S/C14H26N4O2S/c1-11(2)13(10-18(4)5)17-21(19,20)14-7-6-12(8-15-3)9-16-14/h6-7,9,11,13,15,17H,8,10H2,1-5H3. The highest BCUT2D eigenvalue weighted by molar-refractivity contribution is 7.89. The van der Waals surface area contributed by atoms with Gasteiger partial charge in [-0.2, -0.15) is 0 Å². The van der Waals surface area contributed by atoms with Crippen LogP contribution in [0.5, 0.6) is 0 Å². The maximum absolute atomic E-state index is 12.4. The van der Waals surface area contributed by atoms with Crippen molar-refractivity contribution in [1.29, 1.82) is 0 Å². The molecule has 0 fully saturated rings. The van der Waals surface area contributed by atoms with Crippen LogP contribution < -0.4 is 10.0 Å². The molecule has 0 amide bonds. The summed E-state index contributed by atoms with van der Waals surface area (Å²) >= 11 is 0. The third-order valence-corrected chi connectivity index (χ3v) is 4.53. The lowest BCUT2D eigenvalue weighted by Gasteiger charge is -2.25. The molecule has 0 saturated heterocycles. The molecular weight excluding hydrogens is 288 g/mol. The summed E-state index contributed by atoms with van der Waals surface area (Å²) in [5.74, 6) is 0.200. The van der Waals surface area contributed by atoms with Crippen LogP contribution in [-0.4, -0.2) is 52.0 Å². The van der Waals surface area contributed by atoms with Crippen molar-refractivity contribution >= 4 is 10.0 Å². The van der Waals surface area contributed by atoms with Crippen molar-refractivity contribution in [3.63, 3.8) is 0 Å². The van der Waals surface area contributed by atoms with Gasteiger partial charge in [0.25, 0.3) is 10.0 Å². The summed E-state index contributed by atoms with van der Waals surface area (Å²) in [6.07, 6.45) is 1.58. The van der Waals surface area contributed by atoms with E-state index in [4.69, 9.17) is 0 Å². The molecule has 0 aromatic carbocycles. The lowest BCUT2D eigenvalue weighted by atomic mass is 10.1. The third-order valence-electron chi connectivity index (χ3n) is 3.13. The Morgan fingerprint density at radius 2 is 1.95 bits per heavy atom. The van der Waals surface area contributed by atoms with Crippen LogP contribution in [0.25, 0.3) is 0 Å². The highest BCUT2D eigenvalue weighted by Crippen LogP contribution is 2.11. The van der Waals surface area contributed by atoms with E-state index in [9.17, 15) is 8.42 Å². The molecule has 0 saturated carbocycles. The van der Waals surface area contributed by atoms with E-state index in [2.05, 4.69) is 15.0 Å². The Morgan fingerprint density at radius 1 is 1.29 bits per heavy atom. The van der Waals surface area contributed by atoms with Crippen molar-refractivity contribution in [2.24, 2.45) is 5.92 Å². The van der Waals surface area contributed by atoms with E-state index >= 15 is 0 Å². The van der Waals surface area contributed by atoms with Gasteiger partial charge in [0.15, 0.2) is 5.03 Å². The number of nitrogens with zero attached hydrogens (tertiary/aromatic N) is 2. The van der Waals surface area contributed by atoms with Gasteiger partial charge in [0.1, 0.15) is 0 Å². The SMILES string of the molecule is CNCc1ccc(S(=O)(=O)NC(CN(C)C)C(C)C)nc1. The minimum atomic E-state index is -3.59. The van der Waals surface area contributed by atoms with Gasteiger partial charge in [-0.05, 0) is 38.7 Å². The van der Waals surface area contributed by atoms with Gasteiger partial charge in [0.2, 0.25) is 0 Å². The number of nitrogens with one attached hydrogen (secondary N) is 2. The van der Waals surface area contributed by atoms with E-state index in [1.807, 2.05) is 39.9 Å². The monoisotopic (exact) mass is 314 g/mol. The molecule has 0 spiro atoms. The van der Waals surface area contributed by atoms with Crippen molar-refractivity contribution in [2.75, 3.05) is 27.7 Å². The highest BCUT2D eigenvalue weighted by atomic mass is 32.2. The molecule has 1 rings (SSSR count). The van der Waals surface area contributed by atoms with Gasteiger partial charge in [-0.3, -0.25) is 0 Å². The van der Waals surface area contributed by atoms with E-state index in [-0.39, 0.29) is 17.0 Å². The molecule has 1 unspecified atom stereocenters. The van der Waals surface area contributed by atoms with E-state index in [0.717, 1.165) is 5.56 Å². The zero-order valence-corrected chi connectivity index (χ0v) is 14.2. The van der Waals surface area contributed by atoms with Crippen molar-refractivity contribution < 1.29 is 8.42 Å². The fraction of sp³-hybridized carbons (Fsp3) is 0.643. The number of sulfonamides is 1. The second-order valence-corrected chi connectivity index (χ2v) is 7.43. The molecule has 1 aromatic rings. The number of pyridine rings is 1. The summed E-state index contributed by atoms with van der Waals surface area (Å²) in [6, 6.07) is 3.17. The number of hydrogen-bond donors (Lipinski definition) is 2. The summed E-state index contributed by atoms with van der Waals surface area (Å²) in [4.78, 5) is 6.03. The molecule has 0 aliphatic heterocycles. The molecule has 6 nitrogen and oxygen atoms in total. The lowest BCUT2D eigenvalue weighted by Crippen LogP contribution is -2.45. The number of rotatable bonds is 8. The van der Waals surface area contributed by atoms with Crippen molar-refractivity contribution in [3.8, 4) is 0 Å². The molecule has 21 heavy (non-hydrogen) atoms. The number of likely N-dealkylation sites (N-methyl/N-ethyl adjacent to an activating group) is 1. The smallest absolute Gasteiger partial charge is 0.258 e. The lowest BCUT2D eigenvalue weighted by molar-refractivity contribution is 0.314. The first-order valence-corrected chi connectivity index (χ1v) is 8.51. The van der Waals surface area contributed by atoms with E-state index in [0.29, 0.717) is 13.1 Å². The maximum atomic E-state index is 12.4. The van der Waals surface area contributed by atoms with Gasteiger partial charge in [-0.25, -0.2) is 18.1 Å². The summed E-state index contributed by atoms with van der Waals surface area (Å²) in [7, 11) is 2.09. The van der Waals surface area contributed by atoms with Crippen LogP contribution in [0, 0.1) is 5.92 Å². The van der Waals surface area contributed by atoms with Crippen LogP contribution in [0.3, 0.4) is 0 Å². The van der Waals surface area contributed by atoms with Gasteiger partial charge in [0.05, 0.1) is 0 Å². The maximum Gasteiger partial charge on any atom is 0.258 e. The topological polar surface area (TPSA) is 74.3 Å². The average Bonchev–Trinajstić information content (AvgIpc) is 2.38. The average molecular weight is 314 g/mol. The second kappa shape index (κ2) is 7.84. The Labute approximate surface area is 128 Å². The summed E-state index contributed by atoms with van der Waals surface area (Å²) in [5, 5.41) is 3.06. The van der Waals surface area contributed by atoms with Gasteiger partial charge >= 0.3 is 0 Å². The van der Waals surface area contributed by atoms with E-state index in [1.54, 1.807) is 18.3 Å². The molecule has 120 valence electrons. The fourth-order valence-corrected chi connectivity index (χ4v) is 3.22. The molecule has 0 aliphatic carbocycles. The van der Waals surface area contributed by atoms with Crippen LogP contribution in [0.4, 0.5) is 0 Å². The molecule has 2 N–H and O–H groups in total. The zero-order valence-electron chi connectivity index (χ0n) is 13.4. The molecule has 1 atom stereocenters. The van der Waals surface area contributed by atoms with Crippen molar-refractivity contribution in [2.45, 2.75) is 31.5 Å². The Balaban J connectivity index is 2.88. The van der Waals surface area contributed by atoms with Crippen molar-refractivity contribution in [1.82, 2.24) is 19.9 Å². The first kappa shape index (κ1) is 18.0. The zero-order chi connectivity index (χ0) is 16.0. The van der Waals surface area contributed by atoms with Crippen LogP contribution >= 0.6 is 0 Å². The van der Waals surface area contributed by atoms with E-state index in [1.165, 1.54) is 0 Å². The first-order chi connectivity index (χ1) is 9.76. The van der Waals surface area contributed by atoms with Crippen molar-refractivity contribution in [3.05, 3.63) is 23.9 Å². The molecule has 1 heterocycles. The summed E-state index contributed by atoms with van der Waals surface area (Å²) in [6.45, 7) is 5.31. The van der Waals surface area contributed by atoms with Crippen LogP contribution in [0.1, 0.15) is 19.4 Å². The number of hydrogen-bond acceptors (Lipinski definition) is 5. The fourth-order valence-electron chi connectivity index (χ4n) is 1.92. The van der Waals surface area contributed by atoms with E-state index < -0.39 is 10.0 Å². The normalized spacial score (nSPS) is 13.9. The second-order valence-electron chi connectivity index (χ2n) is 5.77. The minimum absolute atomic E-state index is 0.0618. The summed E-state index contributed by atoms with van der Waals surface area (Å²) in [5.41, 5.74) is 0.949. The summed E-state index contributed by atoms with van der Waals surface area (Å²) < 4.78 is 27.5. The molecule has 1 aromatic heterocycles. The van der Waals surface area contributed by atoms with Gasteiger partial charge in [-0.15, -0.1) is 0 Å². The predicted molar refractivity (Wildman–Crippen MR) is 84.5 cm³/mol. The molecule has 0 radical (unpaired) electrons. The molecular formula is C14H26N4O2S. The Morgan fingerprint density at radius 3 is 2.38 bits per heavy atom. The third kappa shape index (κ3) is 5.70. The first-order valence-electron chi connectivity index (χ1n) is 7.03. The highest BCUT2D eigenvalue weighted by Gasteiger charge is 2.23. The molecule has 7 heteroatoms. The van der Waals surface area contributed by atoms with Crippen LogP contribution in [0.2, 0.25) is 0 Å².